The maximum atomic E-state index is 12.0. The number of fused-ring (bicyclic) bond motifs is 1. The van der Waals surface area contributed by atoms with Gasteiger partial charge in [-0.2, -0.15) is 0 Å². The molecule has 0 atom stereocenters. The standard InChI is InChI=1S/C23H22N6O2S/c1-3-29-21(27-28-23(29)32-14-20(30)26-22(31)24-2)17-13-19(15-9-5-4-6-10-15)25-18-12-8-7-11-16(17)18/h4-13H,3,14H2,1-2H3,(H2,24,26,30,31). The van der Waals surface area contributed by atoms with Crippen LogP contribution < -0.4 is 10.6 Å². The Morgan fingerprint density at radius 2 is 1.78 bits per heavy atom. The van der Waals surface area contributed by atoms with Crippen LogP contribution in [-0.2, 0) is 11.3 Å². The van der Waals surface area contributed by atoms with E-state index in [4.69, 9.17) is 4.98 Å². The minimum atomic E-state index is -0.537. The fraction of sp³-hybridized carbons (Fsp3) is 0.174. The molecule has 162 valence electrons. The van der Waals surface area contributed by atoms with Gasteiger partial charge in [0, 0.05) is 30.1 Å². The van der Waals surface area contributed by atoms with Crippen molar-refractivity contribution in [2.75, 3.05) is 12.8 Å². The van der Waals surface area contributed by atoms with Gasteiger partial charge in [-0.25, -0.2) is 9.78 Å². The van der Waals surface area contributed by atoms with Crippen LogP contribution in [0, 0.1) is 0 Å². The number of carbonyl (C=O) groups excluding carboxylic acids is 2. The fourth-order valence-electron chi connectivity index (χ4n) is 3.35. The quantitative estimate of drug-likeness (QED) is 0.438. The third-order valence-corrected chi connectivity index (χ3v) is 5.84. The Labute approximate surface area is 189 Å². The lowest BCUT2D eigenvalue weighted by Gasteiger charge is -2.11. The lowest BCUT2D eigenvalue weighted by atomic mass is 10.0. The first-order valence-corrected chi connectivity index (χ1v) is 11.1. The van der Waals surface area contributed by atoms with E-state index in [1.54, 1.807) is 0 Å². The first-order chi connectivity index (χ1) is 15.6. The number of rotatable bonds is 6. The van der Waals surface area contributed by atoms with Gasteiger partial charge in [-0.15, -0.1) is 10.2 Å². The van der Waals surface area contributed by atoms with Crippen LogP contribution in [0.2, 0.25) is 0 Å². The summed E-state index contributed by atoms with van der Waals surface area (Å²) >= 11 is 1.24. The smallest absolute Gasteiger partial charge is 0.321 e. The number of imide groups is 1. The van der Waals surface area contributed by atoms with E-state index in [0.29, 0.717) is 17.5 Å². The van der Waals surface area contributed by atoms with Crippen molar-refractivity contribution in [2.24, 2.45) is 0 Å². The molecule has 9 heteroatoms. The van der Waals surface area contributed by atoms with Crippen LogP contribution in [0.5, 0.6) is 0 Å². The Morgan fingerprint density at radius 1 is 1.03 bits per heavy atom. The van der Waals surface area contributed by atoms with Crippen molar-refractivity contribution in [2.45, 2.75) is 18.6 Å². The lowest BCUT2D eigenvalue weighted by molar-refractivity contribution is -0.117. The minimum Gasteiger partial charge on any atom is -0.341 e. The summed E-state index contributed by atoms with van der Waals surface area (Å²) in [5.74, 6) is 0.359. The van der Waals surface area contributed by atoms with E-state index in [2.05, 4.69) is 20.8 Å². The van der Waals surface area contributed by atoms with Gasteiger partial charge in [-0.1, -0.05) is 60.3 Å². The van der Waals surface area contributed by atoms with Crippen molar-refractivity contribution >= 4 is 34.6 Å². The average Bonchev–Trinajstić information content (AvgIpc) is 3.25. The first kappa shape index (κ1) is 21.5. The van der Waals surface area contributed by atoms with E-state index in [1.807, 2.05) is 72.2 Å². The number of nitrogens with zero attached hydrogens (tertiary/aromatic N) is 4. The summed E-state index contributed by atoms with van der Waals surface area (Å²) in [6.07, 6.45) is 0. The number of carbonyl (C=O) groups is 2. The third kappa shape index (κ3) is 4.47. The Morgan fingerprint density at radius 3 is 2.53 bits per heavy atom. The summed E-state index contributed by atoms with van der Waals surface area (Å²) in [6.45, 7) is 2.63. The molecule has 32 heavy (non-hydrogen) atoms. The zero-order chi connectivity index (χ0) is 22.5. The van der Waals surface area contributed by atoms with E-state index < -0.39 is 11.9 Å². The van der Waals surface area contributed by atoms with E-state index in [9.17, 15) is 9.59 Å². The van der Waals surface area contributed by atoms with Gasteiger partial charge in [-0.3, -0.25) is 10.1 Å². The van der Waals surface area contributed by atoms with Gasteiger partial charge in [0.15, 0.2) is 11.0 Å². The number of pyridine rings is 1. The number of para-hydroxylation sites is 1. The molecule has 3 amide bonds. The van der Waals surface area contributed by atoms with Gasteiger partial charge < -0.3 is 9.88 Å². The highest BCUT2D eigenvalue weighted by molar-refractivity contribution is 7.99. The molecule has 0 saturated carbocycles. The van der Waals surface area contributed by atoms with Crippen LogP contribution in [0.25, 0.3) is 33.5 Å². The van der Waals surface area contributed by atoms with Crippen molar-refractivity contribution in [1.29, 1.82) is 0 Å². The van der Waals surface area contributed by atoms with Crippen LogP contribution in [0.4, 0.5) is 4.79 Å². The largest absolute Gasteiger partial charge is 0.341 e. The zero-order valence-electron chi connectivity index (χ0n) is 17.7. The predicted molar refractivity (Wildman–Crippen MR) is 125 cm³/mol. The number of aromatic nitrogens is 4. The number of nitrogens with one attached hydrogen (secondary N) is 2. The Bertz CT molecular complexity index is 1270. The molecule has 2 N–H and O–H groups in total. The molecular weight excluding hydrogens is 424 g/mol. The lowest BCUT2D eigenvalue weighted by Crippen LogP contribution is -2.38. The van der Waals surface area contributed by atoms with Gasteiger partial charge in [0.1, 0.15) is 0 Å². The van der Waals surface area contributed by atoms with Crippen molar-refractivity contribution in [3.05, 3.63) is 60.7 Å². The second kappa shape index (κ2) is 9.61. The summed E-state index contributed by atoms with van der Waals surface area (Å²) in [6, 6.07) is 19.4. The molecule has 0 unspecified atom stereocenters. The molecule has 4 aromatic rings. The molecule has 0 aliphatic rings. The Balaban J connectivity index is 1.73. The topological polar surface area (TPSA) is 102 Å². The third-order valence-electron chi connectivity index (χ3n) is 4.87. The highest BCUT2D eigenvalue weighted by Gasteiger charge is 2.18. The number of hydrogen-bond acceptors (Lipinski definition) is 6. The monoisotopic (exact) mass is 446 g/mol. The predicted octanol–water partition coefficient (Wildman–Crippen LogP) is 3.73. The first-order valence-electron chi connectivity index (χ1n) is 10.1. The van der Waals surface area contributed by atoms with Crippen LogP contribution in [0.15, 0.2) is 65.8 Å². The van der Waals surface area contributed by atoms with Crippen molar-refractivity contribution in [3.8, 4) is 22.6 Å². The maximum Gasteiger partial charge on any atom is 0.321 e. The maximum absolute atomic E-state index is 12.0. The van der Waals surface area contributed by atoms with E-state index in [-0.39, 0.29) is 5.75 Å². The summed E-state index contributed by atoms with van der Waals surface area (Å²) in [4.78, 5) is 28.1. The van der Waals surface area contributed by atoms with Crippen molar-refractivity contribution < 1.29 is 9.59 Å². The normalized spacial score (nSPS) is 10.8. The van der Waals surface area contributed by atoms with Crippen molar-refractivity contribution in [3.63, 3.8) is 0 Å². The Kier molecular flexibility index (Phi) is 6.46. The van der Waals surface area contributed by atoms with E-state index in [0.717, 1.165) is 27.7 Å². The fourth-order valence-corrected chi connectivity index (χ4v) is 4.15. The molecule has 0 radical (unpaired) electrons. The second-order valence-electron chi connectivity index (χ2n) is 6.90. The molecule has 2 heterocycles. The molecule has 2 aromatic carbocycles. The molecule has 0 aliphatic heterocycles. The van der Waals surface area contributed by atoms with Gasteiger partial charge in [0.05, 0.1) is 17.0 Å². The molecule has 0 aliphatic carbocycles. The summed E-state index contributed by atoms with van der Waals surface area (Å²) in [5, 5.41) is 15.0. The van der Waals surface area contributed by atoms with Gasteiger partial charge in [0.2, 0.25) is 5.91 Å². The average molecular weight is 447 g/mol. The molecule has 0 fully saturated rings. The van der Waals surface area contributed by atoms with E-state index >= 15 is 0 Å². The minimum absolute atomic E-state index is 0.0535. The SMILES string of the molecule is CCn1c(SCC(=O)NC(=O)NC)nnc1-c1cc(-c2ccccc2)nc2ccccc12. The molecule has 2 aromatic heterocycles. The van der Waals surface area contributed by atoms with E-state index in [1.165, 1.54) is 18.8 Å². The highest BCUT2D eigenvalue weighted by Crippen LogP contribution is 2.32. The zero-order valence-corrected chi connectivity index (χ0v) is 18.5. The number of hydrogen-bond donors (Lipinski definition) is 2. The van der Waals surface area contributed by atoms with Gasteiger partial charge in [-0.05, 0) is 19.1 Å². The highest BCUT2D eigenvalue weighted by atomic mass is 32.2. The number of thioether (sulfide) groups is 1. The molecule has 0 bridgehead atoms. The summed E-state index contributed by atoms with van der Waals surface area (Å²) in [5.41, 5.74) is 3.66. The molecule has 0 saturated heterocycles. The van der Waals surface area contributed by atoms with Crippen LogP contribution in [-0.4, -0.2) is 44.5 Å². The summed E-state index contributed by atoms with van der Waals surface area (Å²) < 4.78 is 1.97. The molecule has 4 rings (SSSR count). The molecular formula is C23H22N6O2S. The van der Waals surface area contributed by atoms with Crippen LogP contribution in [0.1, 0.15) is 6.92 Å². The second-order valence-corrected chi connectivity index (χ2v) is 7.85. The molecule has 0 spiro atoms. The number of amides is 3. The van der Waals surface area contributed by atoms with Gasteiger partial charge >= 0.3 is 6.03 Å². The van der Waals surface area contributed by atoms with Crippen molar-refractivity contribution in [1.82, 2.24) is 30.4 Å². The van der Waals surface area contributed by atoms with Gasteiger partial charge in [0.25, 0.3) is 0 Å². The Hall–Kier alpha value is -3.72. The van der Waals surface area contributed by atoms with Crippen LogP contribution in [0.3, 0.4) is 0 Å². The number of benzene rings is 2. The summed E-state index contributed by atoms with van der Waals surface area (Å²) in [7, 11) is 1.46. The molecule has 8 nitrogen and oxygen atoms in total. The van der Waals surface area contributed by atoms with Crippen LogP contribution >= 0.6 is 11.8 Å². The number of urea groups is 1.